The molecule has 2 aromatic rings. The highest BCUT2D eigenvalue weighted by molar-refractivity contribution is 5.81. The van der Waals surface area contributed by atoms with Crippen LogP contribution in [0.2, 0.25) is 0 Å². The summed E-state index contributed by atoms with van der Waals surface area (Å²) < 4.78 is 9.57. The number of fused-ring (bicyclic) bond motifs is 1. The number of hydrogen-bond donors (Lipinski definition) is 1. The zero-order valence-electron chi connectivity index (χ0n) is 18.4. The van der Waals surface area contributed by atoms with Crippen LogP contribution in [0.25, 0.3) is 11.0 Å². The molecule has 4 bridgehead atoms. The quantitative estimate of drug-likeness (QED) is 0.795. The normalized spacial score (nSPS) is 35.5. The summed E-state index contributed by atoms with van der Waals surface area (Å²) in [6.07, 6.45) is 4.78. The van der Waals surface area contributed by atoms with Gasteiger partial charge in [-0.2, -0.15) is 0 Å². The van der Waals surface area contributed by atoms with Crippen molar-refractivity contribution in [3.63, 3.8) is 0 Å². The number of rotatable bonds is 3. The largest absolute Gasteiger partial charge is 0.446 e. The Bertz CT molecular complexity index is 1150. The third-order valence-corrected chi connectivity index (χ3v) is 8.73. The smallest absolute Gasteiger partial charge is 0.410 e. The number of carbonyl (C=O) groups is 2. The van der Waals surface area contributed by atoms with Crippen LogP contribution in [-0.4, -0.2) is 45.2 Å². The molecule has 8 heteroatoms. The summed E-state index contributed by atoms with van der Waals surface area (Å²) in [5, 5.41) is 0. The van der Waals surface area contributed by atoms with Crippen LogP contribution < -0.4 is 11.4 Å². The Morgan fingerprint density at radius 1 is 1.09 bits per heavy atom. The maximum absolute atomic E-state index is 13.1. The van der Waals surface area contributed by atoms with Gasteiger partial charge in [-0.1, -0.05) is 12.1 Å². The zero-order valence-corrected chi connectivity index (χ0v) is 18.4. The maximum Gasteiger partial charge on any atom is 0.410 e. The van der Waals surface area contributed by atoms with Crippen molar-refractivity contribution in [2.45, 2.75) is 50.7 Å². The van der Waals surface area contributed by atoms with Crippen LogP contribution in [0.3, 0.4) is 0 Å². The van der Waals surface area contributed by atoms with Gasteiger partial charge in [0.1, 0.15) is 6.10 Å². The summed E-state index contributed by atoms with van der Waals surface area (Å²) in [6.45, 7) is 1.05. The molecule has 32 heavy (non-hydrogen) atoms. The Balaban J connectivity index is 1.17. The van der Waals surface area contributed by atoms with E-state index in [0.29, 0.717) is 19.0 Å². The van der Waals surface area contributed by atoms with Gasteiger partial charge in [0.2, 0.25) is 5.91 Å². The molecule has 170 valence electrons. The fourth-order valence-corrected chi connectivity index (χ4v) is 7.45. The Morgan fingerprint density at radius 2 is 1.78 bits per heavy atom. The van der Waals surface area contributed by atoms with Crippen LogP contribution in [0.5, 0.6) is 0 Å². The monoisotopic (exact) mass is 438 g/mol. The second-order valence-electron chi connectivity index (χ2n) is 10.6. The van der Waals surface area contributed by atoms with Gasteiger partial charge in [-0.15, -0.1) is 0 Å². The summed E-state index contributed by atoms with van der Waals surface area (Å²) in [5.74, 6) is 0.822. The van der Waals surface area contributed by atoms with Crippen LogP contribution in [0.1, 0.15) is 44.6 Å². The van der Waals surface area contributed by atoms with Gasteiger partial charge in [0.15, 0.2) is 0 Å². The first-order valence-corrected chi connectivity index (χ1v) is 11.8. The SMILES string of the molecule is Cn1c(=O)n(C2CCN(C(=O)OC3C4CC5CC3CC(C(N)=O)(C5)C4)C2)c2ccccc21. The van der Waals surface area contributed by atoms with Crippen LogP contribution in [-0.2, 0) is 16.6 Å². The second kappa shape index (κ2) is 6.86. The summed E-state index contributed by atoms with van der Waals surface area (Å²) in [4.78, 5) is 39.9. The summed E-state index contributed by atoms with van der Waals surface area (Å²) >= 11 is 0. The van der Waals surface area contributed by atoms with Crippen molar-refractivity contribution in [3.05, 3.63) is 34.7 Å². The lowest BCUT2D eigenvalue weighted by molar-refractivity contribution is -0.161. The molecule has 2 N–H and O–H groups in total. The number of primary amides is 1. The summed E-state index contributed by atoms with van der Waals surface area (Å²) in [5.41, 5.74) is 7.14. The number of para-hydroxylation sites is 2. The van der Waals surface area contributed by atoms with E-state index in [1.54, 1.807) is 16.5 Å². The summed E-state index contributed by atoms with van der Waals surface area (Å²) in [6, 6.07) is 7.71. The molecule has 0 spiro atoms. The number of aromatic nitrogens is 2. The van der Waals surface area contributed by atoms with E-state index in [9.17, 15) is 14.4 Å². The first kappa shape index (κ1) is 19.9. The lowest BCUT2D eigenvalue weighted by Gasteiger charge is -2.58. The van der Waals surface area contributed by atoms with E-state index >= 15 is 0 Å². The average Bonchev–Trinajstić information content (AvgIpc) is 3.34. The number of imidazole rings is 1. The zero-order chi connectivity index (χ0) is 22.2. The van der Waals surface area contributed by atoms with Crippen molar-refractivity contribution in [2.75, 3.05) is 13.1 Å². The van der Waals surface area contributed by atoms with Crippen LogP contribution in [0, 0.1) is 23.2 Å². The van der Waals surface area contributed by atoms with Crippen molar-refractivity contribution in [1.82, 2.24) is 14.0 Å². The third kappa shape index (κ3) is 2.77. The molecule has 7 rings (SSSR count). The Hall–Kier alpha value is -2.77. The van der Waals surface area contributed by atoms with Crippen molar-refractivity contribution in [2.24, 2.45) is 36.0 Å². The van der Waals surface area contributed by atoms with E-state index in [1.807, 2.05) is 28.8 Å². The molecule has 3 unspecified atom stereocenters. The van der Waals surface area contributed by atoms with Gasteiger partial charge in [-0.3, -0.25) is 13.9 Å². The molecule has 1 saturated heterocycles. The van der Waals surface area contributed by atoms with Crippen LogP contribution in [0.4, 0.5) is 4.79 Å². The standard InChI is InChI=1S/C24H30N4O4/c1-26-18-4-2-3-5-19(18)28(22(26)30)17-6-7-27(13-17)23(31)32-20-15-8-14-9-16(20)12-24(10-14,11-15)21(25)29/h2-5,14-17,20H,6-13H2,1H3,(H2,25,29). The maximum atomic E-state index is 13.1. The minimum absolute atomic E-state index is 0.0517. The van der Waals surface area contributed by atoms with Crippen molar-refractivity contribution in [3.8, 4) is 0 Å². The Morgan fingerprint density at radius 3 is 2.47 bits per heavy atom. The van der Waals surface area contributed by atoms with E-state index in [2.05, 4.69) is 0 Å². The van der Waals surface area contributed by atoms with Gasteiger partial charge in [-0.05, 0) is 68.4 Å². The van der Waals surface area contributed by atoms with E-state index in [0.717, 1.165) is 49.6 Å². The van der Waals surface area contributed by atoms with Crippen molar-refractivity contribution < 1.29 is 14.3 Å². The van der Waals surface area contributed by atoms with Gasteiger partial charge in [0, 0.05) is 20.1 Å². The number of nitrogens with zero attached hydrogens (tertiary/aromatic N) is 3. The highest BCUT2D eigenvalue weighted by Gasteiger charge is 2.59. The Labute approximate surface area is 186 Å². The highest BCUT2D eigenvalue weighted by atomic mass is 16.6. The number of ether oxygens (including phenoxy) is 1. The minimum Gasteiger partial charge on any atom is -0.446 e. The predicted octanol–water partition coefficient (Wildman–Crippen LogP) is 2.40. The van der Waals surface area contributed by atoms with Gasteiger partial charge >= 0.3 is 11.8 Å². The molecule has 2 heterocycles. The highest BCUT2D eigenvalue weighted by Crippen LogP contribution is 2.60. The van der Waals surface area contributed by atoms with E-state index < -0.39 is 0 Å². The number of nitrogens with two attached hydrogens (primary N) is 1. The van der Waals surface area contributed by atoms with Gasteiger partial charge < -0.3 is 15.4 Å². The number of benzene rings is 1. The molecule has 5 aliphatic rings. The number of carbonyl (C=O) groups excluding carboxylic acids is 2. The average molecular weight is 439 g/mol. The van der Waals surface area contributed by atoms with E-state index in [-0.39, 0.29) is 47.1 Å². The molecule has 5 fully saturated rings. The van der Waals surface area contributed by atoms with Crippen molar-refractivity contribution >= 4 is 23.0 Å². The number of hydrogen-bond acceptors (Lipinski definition) is 4. The fraction of sp³-hybridized carbons (Fsp3) is 0.625. The molecule has 4 saturated carbocycles. The molecule has 1 aromatic heterocycles. The first-order valence-electron chi connectivity index (χ1n) is 11.8. The second-order valence-corrected chi connectivity index (χ2v) is 10.6. The lowest BCUT2D eigenvalue weighted by atomic mass is 9.48. The van der Waals surface area contributed by atoms with Crippen LogP contribution in [0.15, 0.2) is 29.1 Å². The Kier molecular flexibility index (Phi) is 4.26. The minimum atomic E-state index is -0.381. The predicted molar refractivity (Wildman–Crippen MR) is 118 cm³/mol. The van der Waals surface area contributed by atoms with Crippen molar-refractivity contribution in [1.29, 1.82) is 0 Å². The molecule has 0 radical (unpaired) electrons. The number of aryl methyl sites for hydroxylation is 1. The lowest BCUT2D eigenvalue weighted by Crippen LogP contribution is -2.59. The fourth-order valence-electron chi connectivity index (χ4n) is 7.45. The van der Waals surface area contributed by atoms with E-state index in [4.69, 9.17) is 10.5 Å². The number of likely N-dealkylation sites (tertiary alicyclic amines) is 1. The molecule has 3 atom stereocenters. The summed E-state index contributed by atoms with van der Waals surface area (Å²) in [7, 11) is 1.79. The first-order chi connectivity index (χ1) is 15.4. The van der Waals surface area contributed by atoms with Gasteiger partial charge in [-0.25, -0.2) is 9.59 Å². The topological polar surface area (TPSA) is 99.6 Å². The molecule has 1 aliphatic heterocycles. The molecule has 8 nitrogen and oxygen atoms in total. The van der Waals surface area contributed by atoms with Gasteiger partial charge in [0.25, 0.3) is 0 Å². The number of amides is 2. The molecular weight excluding hydrogens is 408 g/mol. The third-order valence-electron chi connectivity index (χ3n) is 8.73. The molecule has 4 aliphatic carbocycles. The van der Waals surface area contributed by atoms with Gasteiger partial charge in [0.05, 0.1) is 22.5 Å². The van der Waals surface area contributed by atoms with E-state index in [1.165, 1.54) is 0 Å². The molecule has 1 aromatic carbocycles. The molecule has 2 amide bonds. The molecular formula is C24H30N4O4. The van der Waals surface area contributed by atoms with Crippen LogP contribution >= 0.6 is 0 Å².